The van der Waals surface area contributed by atoms with Crippen LogP contribution in [0.3, 0.4) is 0 Å². The van der Waals surface area contributed by atoms with E-state index >= 15 is 0 Å². The van der Waals surface area contributed by atoms with Crippen LogP contribution in [0.5, 0.6) is 11.5 Å². The Morgan fingerprint density at radius 2 is 2.04 bits per heavy atom. The minimum atomic E-state index is -0.135. The first-order valence-electron chi connectivity index (χ1n) is 8.26. The van der Waals surface area contributed by atoms with Gasteiger partial charge in [-0.2, -0.15) is 0 Å². The largest absolute Gasteiger partial charge is 0.486 e. The second-order valence-corrected chi connectivity index (χ2v) is 7.59. The van der Waals surface area contributed by atoms with Gasteiger partial charge in [-0.05, 0) is 43.7 Å². The van der Waals surface area contributed by atoms with E-state index < -0.39 is 0 Å². The van der Waals surface area contributed by atoms with Crippen molar-refractivity contribution in [2.45, 2.75) is 26.4 Å². The highest BCUT2D eigenvalue weighted by atomic mass is 35.5. The molecule has 1 aliphatic rings. The number of carbonyl (C=O) groups excluding carboxylic acids is 1. The lowest BCUT2D eigenvalue weighted by atomic mass is 10.1. The van der Waals surface area contributed by atoms with Crippen LogP contribution in [0, 0.1) is 0 Å². The third kappa shape index (κ3) is 4.38. The Labute approximate surface area is 156 Å². The zero-order chi connectivity index (χ0) is 17.8. The molecule has 1 aromatic carbocycles. The van der Waals surface area contributed by atoms with E-state index in [1.54, 1.807) is 4.90 Å². The van der Waals surface area contributed by atoms with Gasteiger partial charge >= 0.3 is 6.03 Å². The van der Waals surface area contributed by atoms with Crippen LogP contribution in [0.2, 0.25) is 4.34 Å². The van der Waals surface area contributed by atoms with E-state index in [1.165, 1.54) is 11.3 Å². The number of thiophene rings is 1. The molecule has 0 bridgehead atoms. The van der Waals surface area contributed by atoms with Crippen LogP contribution < -0.4 is 14.8 Å². The highest BCUT2D eigenvalue weighted by Crippen LogP contribution is 2.32. The Bertz CT molecular complexity index is 750. The number of halogens is 1. The number of hydrogen-bond acceptors (Lipinski definition) is 4. The van der Waals surface area contributed by atoms with Gasteiger partial charge in [0.15, 0.2) is 11.5 Å². The molecule has 134 valence electrons. The van der Waals surface area contributed by atoms with E-state index in [0.717, 1.165) is 26.3 Å². The van der Waals surface area contributed by atoms with Crippen molar-refractivity contribution in [2.24, 2.45) is 0 Å². The van der Waals surface area contributed by atoms with Crippen LogP contribution in [0.25, 0.3) is 0 Å². The molecule has 5 nitrogen and oxygen atoms in total. The molecule has 0 radical (unpaired) electrons. The summed E-state index contributed by atoms with van der Waals surface area (Å²) < 4.78 is 11.9. The standard InChI is InChI=1S/C18H21ClN2O3S/c1-3-21(11-14-5-7-17(19)25-14)18(22)20-12(2)13-4-6-15-16(10-13)24-9-8-23-15/h4-7,10,12H,3,8-9,11H2,1-2H3,(H,20,22). The lowest BCUT2D eigenvalue weighted by Gasteiger charge is -2.25. The van der Waals surface area contributed by atoms with Crippen LogP contribution >= 0.6 is 22.9 Å². The number of urea groups is 1. The number of amides is 2. The van der Waals surface area contributed by atoms with Crippen molar-refractivity contribution in [3.8, 4) is 11.5 Å². The number of rotatable bonds is 5. The number of fused-ring (bicyclic) bond motifs is 1. The molecule has 2 heterocycles. The number of nitrogens with one attached hydrogen (secondary N) is 1. The number of nitrogens with zero attached hydrogens (tertiary/aromatic N) is 1. The maximum Gasteiger partial charge on any atom is 0.318 e. The summed E-state index contributed by atoms with van der Waals surface area (Å²) in [5.41, 5.74) is 0.979. The Morgan fingerprint density at radius 1 is 1.28 bits per heavy atom. The van der Waals surface area contributed by atoms with Gasteiger partial charge in [-0.3, -0.25) is 0 Å². The fourth-order valence-corrected chi connectivity index (χ4v) is 3.74. The third-order valence-corrected chi connectivity index (χ3v) is 5.27. The van der Waals surface area contributed by atoms with Crippen LogP contribution in [0.4, 0.5) is 4.79 Å². The summed E-state index contributed by atoms with van der Waals surface area (Å²) in [4.78, 5) is 15.4. The van der Waals surface area contributed by atoms with Crippen molar-refractivity contribution < 1.29 is 14.3 Å². The number of carbonyl (C=O) groups is 1. The molecule has 1 N–H and O–H groups in total. The molecule has 7 heteroatoms. The summed E-state index contributed by atoms with van der Waals surface area (Å²) >= 11 is 7.46. The molecule has 0 aliphatic carbocycles. The van der Waals surface area contributed by atoms with Crippen molar-refractivity contribution >= 4 is 29.0 Å². The molecule has 2 amide bonds. The van der Waals surface area contributed by atoms with Gasteiger partial charge in [0.2, 0.25) is 0 Å². The molecule has 3 rings (SSSR count). The van der Waals surface area contributed by atoms with Crippen molar-refractivity contribution in [1.82, 2.24) is 10.2 Å². The molecular formula is C18H21ClN2O3S. The van der Waals surface area contributed by atoms with Crippen molar-refractivity contribution in [1.29, 1.82) is 0 Å². The Balaban J connectivity index is 1.64. The Hall–Kier alpha value is -1.92. The molecule has 2 aromatic rings. The van der Waals surface area contributed by atoms with Gasteiger partial charge in [0, 0.05) is 11.4 Å². The van der Waals surface area contributed by atoms with Gasteiger partial charge in [0.1, 0.15) is 13.2 Å². The summed E-state index contributed by atoms with van der Waals surface area (Å²) in [5, 5.41) is 3.04. The first kappa shape index (κ1) is 17.9. The van der Waals surface area contributed by atoms with Crippen LogP contribution in [-0.4, -0.2) is 30.7 Å². The number of ether oxygens (including phenoxy) is 2. The smallest absolute Gasteiger partial charge is 0.318 e. The van der Waals surface area contributed by atoms with E-state index in [9.17, 15) is 4.79 Å². The monoisotopic (exact) mass is 380 g/mol. The van der Waals surface area contributed by atoms with Gasteiger partial charge in [0.25, 0.3) is 0 Å². The average Bonchev–Trinajstić information content (AvgIpc) is 3.04. The van der Waals surface area contributed by atoms with Crippen LogP contribution in [0.15, 0.2) is 30.3 Å². The molecular weight excluding hydrogens is 360 g/mol. The van der Waals surface area contributed by atoms with E-state index in [2.05, 4.69) is 5.32 Å². The molecule has 1 unspecified atom stereocenters. The van der Waals surface area contributed by atoms with Gasteiger partial charge in [-0.1, -0.05) is 17.7 Å². The summed E-state index contributed by atoms with van der Waals surface area (Å²) in [5.74, 6) is 1.48. The predicted octanol–water partition coefficient (Wildman–Crippen LogP) is 4.47. The molecule has 0 saturated carbocycles. The maximum absolute atomic E-state index is 12.6. The van der Waals surface area contributed by atoms with Gasteiger partial charge in [0.05, 0.1) is 16.9 Å². The lowest BCUT2D eigenvalue weighted by molar-refractivity contribution is 0.171. The highest BCUT2D eigenvalue weighted by molar-refractivity contribution is 7.16. The summed E-state index contributed by atoms with van der Waals surface area (Å²) in [6.07, 6.45) is 0. The quantitative estimate of drug-likeness (QED) is 0.832. The SMILES string of the molecule is CCN(Cc1ccc(Cl)s1)C(=O)NC(C)c1ccc2c(c1)OCCO2. The maximum atomic E-state index is 12.6. The summed E-state index contributed by atoms with van der Waals surface area (Å²) in [7, 11) is 0. The zero-order valence-electron chi connectivity index (χ0n) is 14.3. The molecule has 0 saturated heterocycles. The van der Waals surface area contributed by atoms with Crippen molar-refractivity contribution in [2.75, 3.05) is 19.8 Å². The zero-order valence-corrected chi connectivity index (χ0v) is 15.8. The normalized spacial score (nSPS) is 14.0. The Morgan fingerprint density at radius 3 is 2.72 bits per heavy atom. The molecule has 25 heavy (non-hydrogen) atoms. The third-order valence-electron chi connectivity index (χ3n) is 4.05. The van der Waals surface area contributed by atoms with E-state index in [-0.39, 0.29) is 12.1 Å². The number of hydrogen-bond donors (Lipinski definition) is 1. The Kier molecular flexibility index (Phi) is 5.71. The minimum absolute atomic E-state index is 0.102. The number of benzene rings is 1. The van der Waals surface area contributed by atoms with E-state index in [0.29, 0.717) is 26.3 Å². The van der Waals surface area contributed by atoms with E-state index in [4.69, 9.17) is 21.1 Å². The fourth-order valence-electron chi connectivity index (χ4n) is 2.64. The van der Waals surface area contributed by atoms with Crippen molar-refractivity contribution in [3.63, 3.8) is 0 Å². The van der Waals surface area contributed by atoms with Gasteiger partial charge in [-0.15, -0.1) is 11.3 Å². The molecule has 1 atom stereocenters. The summed E-state index contributed by atoms with van der Waals surface area (Å²) in [6.45, 7) is 6.20. The van der Waals surface area contributed by atoms with Crippen molar-refractivity contribution in [3.05, 3.63) is 45.1 Å². The topological polar surface area (TPSA) is 50.8 Å². The second kappa shape index (κ2) is 7.97. The molecule has 0 fully saturated rings. The molecule has 0 spiro atoms. The fraction of sp³-hybridized carbons (Fsp3) is 0.389. The van der Waals surface area contributed by atoms with Crippen LogP contribution in [-0.2, 0) is 6.54 Å². The summed E-state index contributed by atoms with van der Waals surface area (Å²) in [6, 6.07) is 9.33. The first-order chi connectivity index (χ1) is 12.1. The predicted molar refractivity (Wildman–Crippen MR) is 99.8 cm³/mol. The highest BCUT2D eigenvalue weighted by Gasteiger charge is 2.19. The van der Waals surface area contributed by atoms with Gasteiger partial charge in [-0.25, -0.2) is 4.79 Å². The first-order valence-corrected chi connectivity index (χ1v) is 9.45. The lowest BCUT2D eigenvalue weighted by Crippen LogP contribution is -2.40. The average molecular weight is 381 g/mol. The minimum Gasteiger partial charge on any atom is -0.486 e. The van der Waals surface area contributed by atoms with E-state index in [1.807, 2.05) is 44.2 Å². The van der Waals surface area contributed by atoms with Gasteiger partial charge < -0.3 is 19.7 Å². The molecule has 1 aromatic heterocycles. The molecule has 1 aliphatic heterocycles. The second-order valence-electron chi connectivity index (χ2n) is 5.79. The van der Waals surface area contributed by atoms with Crippen LogP contribution in [0.1, 0.15) is 30.3 Å².